The summed E-state index contributed by atoms with van der Waals surface area (Å²) in [5.41, 5.74) is 0.717. The number of hydrogen-bond donors (Lipinski definition) is 1. The zero-order valence-corrected chi connectivity index (χ0v) is 12.6. The van der Waals surface area contributed by atoms with Gasteiger partial charge in [-0.2, -0.15) is 0 Å². The van der Waals surface area contributed by atoms with E-state index in [1.54, 1.807) is 12.3 Å². The van der Waals surface area contributed by atoms with Crippen LogP contribution in [0.25, 0.3) is 0 Å². The number of likely N-dealkylation sites (N-methyl/N-ethyl adjacent to an activating group) is 3. The minimum atomic E-state index is -0.223. The van der Waals surface area contributed by atoms with Crippen molar-refractivity contribution >= 4 is 0 Å². The number of nitrogens with zero attached hydrogens (tertiary/aromatic N) is 3. The number of halogens is 1. The first-order valence-corrected chi connectivity index (χ1v) is 7.35. The molecule has 0 spiro atoms. The third-order valence-corrected chi connectivity index (χ3v) is 4.06. The van der Waals surface area contributed by atoms with Gasteiger partial charge in [-0.1, -0.05) is 6.92 Å². The van der Waals surface area contributed by atoms with Crippen LogP contribution < -0.4 is 5.32 Å². The lowest BCUT2D eigenvalue weighted by molar-refractivity contribution is 0.177. The Morgan fingerprint density at radius 3 is 2.95 bits per heavy atom. The molecule has 0 saturated carbocycles. The standard InChI is InChI=1S/C15H25FN4/c1-4-18-15(12-6-7-17-10-13(12)16)14-11-19(2)8-5-9-20(14)3/h6-7,10,14-15,18H,4-5,8-9,11H2,1-3H3. The molecule has 1 aliphatic heterocycles. The first kappa shape index (κ1) is 15.4. The van der Waals surface area contributed by atoms with Gasteiger partial charge in [0.25, 0.3) is 0 Å². The fourth-order valence-electron chi connectivity index (χ4n) is 2.98. The maximum Gasteiger partial charge on any atom is 0.146 e. The molecule has 1 aliphatic rings. The Morgan fingerprint density at radius 1 is 1.45 bits per heavy atom. The molecule has 0 bridgehead atoms. The smallest absolute Gasteiger partial charge is 0.146 e. The van der Waals surface area contributed by atoms with Crippen molar-refractivity contribution < 1.29 is 4.39 Å². The van der Waals surface area contributed by atoms with Crippen LogP contribution in [-0.2, 0) is 0 Å². The highest BCUT2D eigenvalue weighted by Crippen LogP contribution is 2.24. The highest BCUT2D eigenvalue weighted by atomic mass is 19.1. The summed E-state index contributed by atoms with van der Waals surface area (Å²) in [5.74, 6) is -0.223. The molecule has 5 heteroatoms. The number of hydrogen-bond acceptors (Lipinski definition) is 4. The van der Waals surface area contributed by atoms with Gasteiger partial charge in [-0.25, -0.2) is 4.39 Å². The molecular formula is C15H25FN4. The van der Waals surface area contributed by atoms with Crippen LogP contribution in [0.4, 0.5) is 4.39 Å². The van der Waals surface area contributed by atoms with Gasteiger partial charge in [0.2, 0.25) is 0 Å². The number of rotatable bonds is 4. The number of pyridine rings is 1. The normalized spacial score (nSPS) is 23.5. The van der Waals surface area contributed by atoms with Gasteiger partial charge in [-0.3, -0.25) is 4.98 Å². The molecule has 2 rings (SSSR count). The van der Waals surface area contributed by atoms with E-state index in [4.69, 9.17) is 0 Å². The Labute approximate surface area is 121 Å². The molecule has 2 heterocycles. The van der Waals surface area contributed by atoms with Crippen LogP contribution >= 0.6 is 0 Å². The average molecular weight is 280 g/mol. The lowest BCUT2D eigenvalue weighted by Crippen LogP contribution is -2.47. The molecule has 0 radical (unpaired) electrons. The average Bonchev–Trinajstić information content (AvgIpc) is 2.59. The summed E-state index contributed by atoms with van der Waals surface area (Å²) >= 11 is 0. The van der Waals surface area contributed by atoms with Crippen LogP contribution in [0.5, 0.6) is 0 Å². The molecule has 0 aliphatic carbocycles. The fraction of sp³-hybridized carbons (Fsp3) is 0.667. The quantitative estimate of drug-likeness (QED) is 0.906. The Bertz CT molecular complexity index is 426. The molecule has 2 unspecified atom stereocenters. The van der Waals surface area contributed by atoms with Crippen LogP contribution in [0.2, 0.25) is 0 Å². The Balaban J connectivity index is 2.28. The summed E-state index contributed by atoms with van der Waals surface area (Å²) in [6, 6.07) is 2.05. The number of nitrogens with one attached hydrogen (secondary N) is 1. The zero-order chi connectivity index (χ0) is 14.5. The topological polar surface area (TPSA) is 31.4 Å². The molecule has 2 atom stereocenters. The minimum absolute atomic E-state index is 0.00597. The molecule has 1 fully saturated rings. The van der Waals surface area contributed by atoms with E-state index in [0.717, 1.165) is 32.6 Å². The highest BCUT2D eigenvalue weighted by Gasteiger charge is 2.30. The third-order valence-electron chi connectivity index (χ3n) is 4.06. The van der Waals surface area contributed by atoms with Gasteiger partial charge in [0.1, 0.15) is 5.82 Å². The van der Waals surface area contributed by atoms with Gasteiger partial charge < -0.3 is 15.1 Å². The maximum absolute atomic E-state index is 14.1. The van der Waals surface area contributed by atoms with Gasteiger partial charge in [0.05, 0.1) is 12.2 Å². The second-order valence-electron chi connectivity index (χ2n) is 5.60. The van der Waals surface area contributed by atoms with Crippen molar-refractivity contribution in [1.82, 2.24) is 20.1 Å². The van der Waals surface area contributed by atoms with E-state index in [-0.39, 0.29) is 17.9 Å². The van der Waals surface area contributed by atoms with E-state index in [9.17, 15) is 4.39 Å². The van der Waals surface area contributed by atoms with Crippen molar-refractivity contribution in [2.75, 3.05) is 40.3 Å². The van der Waals surface area contributed by atoms with Crippen LogP contribution in [0.1, 0.15) is 24.9 Å². The Hall–Kier alpha value is -1.04. The van der Waals surface area contributed by atoms with Gasteiger partial charge >= 0.3 is 0 Å². The van der Waals surface area contributed by atoms with Crippen LogP contribution in [-0.4, -0.2) is 61.1 Å². The fourth-order valence-corrected chi connectivity index (χ4v) is 2.98. The van der Waals surface area contributed by atoms with Crippen LogP contribution in [0, 0.1) is 5.82 Å². The van der Waals surface area contributed by atoms with Crippen molar-refractivity contribution in [1.29, 1.82) is 0 Å². The minimum Gasteiger partial charge on any atom is -0.309 e. The third kappa shape index (κ3) is 3.53. The van der Waals surface area contributed by atoms with E-state index < -0.39 is 0 Å². The summed E-state index contributed by atoms with van der Waals surface area (Å²) in [6.07, 6.45) is 4.13. The molecule has 4 nitrogen and oxygen atoms in total. The molecule has 20 heavy (non-hydrogen) atoms. The van der Waals surface area contributed by atoms with Gasteiger partial charge in [-0.15, -0.1) is 0 Å². The largest absolute Gasteiger partial charge is 0.309 e. The van der Waals surface area contributed by atoms with E-state index in [2.05, 4.69) is 41.1 Å². The first-order valence-electron chi connectivity index (χ1n) is 7.35. The summed E-state index contributed by atoms with van der Waals surface area (Å²) in [7, 11) is 4.27. The molecule has 1 aromatic heterocycles. The zero-order valence-electron chi connectivity index (χ0n) is 12.6. The number of aromatic nitrogens is 1. The summed E-state index contributed by atoms with van der Waals surface area (Å²) in [6.45, 7) is 5.96. The van der Waals surface area contributed by atoms with Gasteiger partial charge in [0.15, 0.2) is 0 Å². The van der Waals surface area contributed by atoms with E-state index >= 15 is 0 Å². The van der Waals surface area contributed by atoms with Gasteiger partial charge in [0, 0.05) is 24.3 Å². The first-order chi connectivity index (χ1) is 9.63. The maximum atomic E-state index is 14.1. The molecule has 1 saturated heterocycles. The second-order valence-corrected chi connectivity index (χ2v) is 5.60. The van der Waals surface area contributed by atoms with Crippen molar-refractivity contribution in [2.45, 2.75) is 25.4 Å². The van der Waals surface area contributed by atoms with E-state index in [0.29, 0.717) is 5.56 Å². The lowest BCUT2D eigenvalue weighted by Gasteiger charge is -2.35. The van der Waals surface area contributed by atoms with Crippen molar-refractivity contribution in [2.24, 2.45) is 0 Å². The summed E-state index contributed by atoms with van der Waals surface area (Å²) in [4.78, 5) is 8.53. The highest BCUT2D eigenvalue weighted by molar-refractivity contribution is 5.20. The molecule has 112 valence electrons. The van der Waals surface area contributed by atoms with E-state index in [1.165, 1.54) is 6.20 Å². The van der Waals surface area contributed by atoms with Crippen molar-refractivity contribution in [3.8, 4) is 0 Å². The molecule has 0 amide bonds. The van der Waals surface area contributed by atoms with Crippen molar-refractivity contribution in [3.05, 3.63) is 29.8 Å². The van der Waals surface area contributed by atoms with E-state index in [1.807, 2.05) is 0 Å². The molecule has 1 aromatic rings. The SMILES string of the molecule is CCNC(c1ccncc1F)C1CN(C)CCCN1C. The van der Waals surface area contributed by atoms with Crippen LogP contribution in [0.3, 0.4) is 0 Å². The molecule has 0 aromatic carbocycles. The lowest BCUT2D eigenvalue weighted by atomic mass is 9.98. The second kappa shape index (κ2) is 7.11. The Morgan fingerprint density at radius 2 is 2.25 bits per heavy atom. The van der Waals surface area contributed by atoms with Gasteiger partial charge in [-0.05, 0) is 46.2 Å². The molecular weight excluding hydrogens is 255 g/mol. The Kier molecular flexibility index (Phi) is 5.46. The summed E-state index contributed by atoms with van der Waals surface area (Å²) in [5, 5.41) is 3.45. The van der Waals surface area contributed by atoms with Crippen molar-refractivity contribution in [3.63, 3.8) is 0 Å². The predicted octanol–water partition coefficient (Wildman–Crippen LogP) is 1.51. The monoisotopic (exact) mass is 280 g/mol. The predicted molar refractivity (Wildman–Crippen MR) is 79.1 cm³/mol. The molecule has 1 N–H and O–H groups in total. The summed E-state index contributed by atoms with van der Waals surface area (Å²) < 4.78 is 14.1. The van der Waals surface area contributed by atoms with Crippen LogP contribution in [0.15, 0.2) is 18.5 Å².